The highest BCUT2D eigenvalue weighted by Gasteiger charge is 2.44. The molecule has 3 aliphatic rings. The first-order valence-corrected chi connectivity index (χ1v) is 7.40. The summed E-state index contributed by atoms with van der Waals surface area (Å²) in [6, 6.07) is 7.95. The fourth-order valence-corrected chi connectivity index (χ4v) is 3.41. The molecule has 102 valence electrons. The molecule has 0 amide bonds. The molecule has 0 radical (unpaired) electrons. The van der Waals surface area contributed by atoms with Crippen molar-refractivity contribution in [3.05, 3.63) is 29.8 Å². The maximum Gasteiger partial charge on any atom is 0.120 e. The third-order valence-electron chi connectivity index (χ3n) is 4.59. The van der Waals surface area contributed by atoms with Crippen LogP contribution in [0.3, 0.4) is 0 Å². The fourth-order valence-electron chi connectivity index (χ4n) is 3.41. The number of rotatable bonds is 4. The Morgan fingerprint density at radius 3 is 2.79 bits per heavy atom. The number of ether oxygens (including phenoxy) is 2. The van der Waals surface area contributed by atoms with E-state index in [1.807, 2.05) is 24.3 Å². The van der Waals surface area contributed by atoms with Gasteiger partial charge in [-0.25, -0.2) is 0 Å². The van der Waals surface area contributed by atoms with Gasteiger partial charge in [0.2, 0.25) is 0 Å². The Balaban J connectivity index is 1.51. The highest BCUT2D eigenvalue weighted by atomic mass is 16.5. The Labute approximate surface area is 113 Å². The zero-order valence-electron chi connectivity index (χ0n) is 11.0. The summed E-state index contributed by atoms with van der Waals surface area (Å²) in [4.78, 5) is 0. The second-order valence-corrected chi connectivity index (χ2v) is 6.11. The minimum atomic E-state index is -0.418. The summed E-state index contributed by atoms with van der Waals surface area (Å²) >= 11 is 0. The van der Waals surface area contributed by atoms with Gasteiger partial charge in [0, 0.05) is 5.92 Å². The van der Waals surface area contributed by atoms with Crippen LogP contribution in [0.4, 0.5) is 0 Å². The molecule has 19 heavy (non-hydrogen) atoms. The van der Waals surface area contributed by atoms with E-state index in [1.165, 1.54) is 6.42 Å². The standard InChI is InChI=1S/C16H20O3/c17-16(14-9-13-6-7-15(14)19-13)10-2-1-3-12(8-10)18-11-4-5-11/h1-3,8,11,13-17H,4-7,9H2. The molecule has 3 nitrogen and oxygen atoms in total. The molecule has 4 unspecified atom stereocenters. The smallest absolute Gasteiger partial charge is 0.120 e. The molecule has 4 rings (SSSR count). The van der Waals surface area contributed by atoms with Crippen LogP contribution in [0.25, 0.3) is 0 Å². The van der Waals surface area contributed by atoms with E-state index in [4.69, 9.17) is 9.47 Å². The molecule has 3 heteroatoms. The van der Waals surface area contributed by atoms with E-state index in [0.29, 0.717) is 12.2 Å². The second-order valence-electron chi connectivity index (χ2n) is 6.11. The fraction of sp³-hybridized carbons (Fsp3) is 0.625. The molecule has 0 spiro atoms. The third-order valence-corrected chi connectivity index (χ3v) is 4.59. The van der Waals surface area contributed by atoms with Crippen molar-refractivity contribution in [2.45, 2.75) is 56.5 Å². The summed E-state index contributed by atoms with van der Waals surface area (Å²) in [6.07, 6.45) is 6.21. The summed E-state index contributed by atoms with van der Waals surface area (Å²) in [6.45, 7) is 0. The summed E-state index contributed by atoms with van der Waals surface area (Å²) in [5.74, 6) is 1.15. The van der Waals surface area contributed by atoms with Gasteiger partial charge >= 0.3 is 0 Å². The van der Waals surface area contributed by atoms with Crippen molar-refractivity contribution in [2.75, 3.05) is 0 Å². The molecule has 2 saturated heterocycles. The van der Waals surface area contributed by atoms with Crippen LogP contribution in [-0.4, -0.2) is 23.4 Å². The average Bonchev–Trinajstić information content (AvgIpc) is 3.01. The summed E-state index contributed by atoms with van der Waals surface area (Å²) in [5, 5.41) is 10.6. The van der Waals surface area contributed by atoms with E-state index in [1.54, 1.807) is 0 Å². The molecule has 2 heterocycles. The first-order chi connectivity index (χ1) is 9.29. The summed E-state index contributed by atoms with van der Waals surface area (Å²) < 4.78 is 11.6. The van der Waals surface area contributed by atoms with Gasteiger partial charge in [-0.15, -0.1) is 0 Å². The number of aliphatic hydroxyl groups excluding tert-OH is 1. The number of hydrogen-bond acceptors (Lipinski definition) is 3. The van der Waals surface area contributed by atoms with E-state index in [0.717, 1.165) is 37.0 Å². The Morgan fingerprint density at radius 2 is 2.11 bits per heavy atom. The molecule has 1 aromatic rings. The normalized spacial score (nSPS) is 34.5. The van der Waals surface area contributed by atoms with Gasteiger partial charge in [0.1, 0.15) is 5.75 Å². The van der Waals surface area contributed by atoms with Gasteiger partial charge in [-0.05, 0) is 49.8 Å². The third kappa shape index (κ3) is 2.26. The number of fused-ring (bicyclic) bond motifs is 2. The van der Waals surface area contributed by atoms with Gasteiger partial charge in [-0.1, -0.05) is 12.1 Å². The van der Waals surface area contributed by atoms with Gasteiger partial charge < -0.3 is 14.6 Å². The molecule has 1 aromatic carbocycles. The van der Waals surface area contributed by atoms with Gasteiger partial charge in [-0.2, -0.15) is 0 Å². The maximum atomic E-state index is 10.6. The average molecular weight is 260 g/mol. The van der Waals surface area contributed by atoms with Crippen LogP contribution in [0.5, 0.6) is 5.75 Å². The van der Waals surface area contributed by atoms with Crippen molar-refractivity contribution < 1.29 is 14.6 Å². The lowest BCUT2D eigenvalue weighted by atomic mass is 9.82. The van der Waals surface area contributed by atoms with Crippen LogP contribution < -0.4 is 4.74 Å². The van der Waals surface area contributed by atoms with Gasteiger partial charge in [0.25, 0.3) is 0 Å². The van der Waals surface area contributed by atoms with Crippen LogP contribution in [0.15, 0.2) is 24.3 Å². The number of aliphatic hydroxyl groups is 1. The monoisotopic (exact) mass is 260 g/mol. The molecular formula is C16H20O3. The molecule has 1 saturated carbocycles. The molecule has 1 aliphatic carbocycles. The first-order valence-electron chi connectivity index (χ1n) is 7.40. The molecule has 2 bridgehead atoms. The Morgan fingerprint density at radius 1 is 1.21 bits per heavy atom. The van der Waals surface area contributed by atoms with E-state index in [2.05, 4.69) is 0 Å². The largest absolute Gasteiger partial charge is 0.490 e. The molecule has 2 aliphatic heterocycles. The predicted molar refractivity (Wildman–Crippen MR) is 71.1 cm³/mol. The lowest BCUT2D eigenvalue weighted by Crippen LogP contribution is -2.23. The van der Waals surface area contributed by atoms with Crippen LogP contribution in [0.2, 0.25) is 0 Å². The van der Waals surface area contributed by atoms with Crippen LogP contribution in [0, 0.1) is 5.92 Å². The Bertz CT molecular complexity index is 469. The lowest BCUT2D eigenvalue weighted by Gasteiger charge is -2.24. The van der Waals surface area contributed by atoms with Crippen molar-refractivity contribution in [3.63, 3.8) is 0 Å². The van der Waals surface area contributed by atoms with Crippen LogP contribution in [0.1, 0.15) is 43.8 Å². The van der Waals surface area contributed by atoms with E-state index < -0.39 is 6.10 Å². The van der Waals surface area contributed by atoms with Gasteiger partial charge in [-0.3, -0.25) is 0 Å². The molecule has 4 atom stereocenters. The zero-order chi connectivity index (χ0) is 12.8. The zero-order valence-corrected chi connectivity index (χ0v) is 11.0. The predicted octanol–water partition coefficient (Wildman–Crippen LogP) is 2.83. The van der Waals surface area contributed by atoms with Crippen LogP contribution >= 0.6 is 0 Å². The number of benzene rings is 1. The van der Waals surface area contributed by atoms with Crippen molar-refractivity contribution in [1.29, 1.82) is 0 Å². The second kappa shape index (κ2) is 4.50. The molecule has 0 aromatic heterocycles. The molecule has 1 N–H and O–H groups in total. The summed E-state index contributed by atoms with van der Waals surface area (Å²) in [7, 11) is 0. The minimum Gasteiger partial charge on any atom is -0.490 e. The molecule has 3 fully saturated rings. The Hall–Kier alpha value is -1.06. The van der Waals surface area contributed by atoms with Crippen molar-refractivity contribution >= 4 is 0 Å². The minimum absolute atomic E-state index is 0.257. The quantitative estimate of drug-likeness (QED) is 0.904. The van der Waals surface area contributed by atoms with E-state index in [-0.39, 0.29) is 12.0 Å². The van der Waals surface area contributed by atoms with Crippen molar-refractivity contribution in [2.24, 2.45) is 5.92 Å². The first kappa shape index (κ1) is 11.7. The Kier molecular flexibility index (Phi) is 2.78. The topological polar surface area (TPSA) is 38.7 Å². The van der Waals surface area contributed by atoms with E-state index >= 15 is 0 Å². The van der Waals surface area contributed by atoms with Gasteiger partial charge in [0.15, 0.2) is 0 Å². The molecular weight excluding hydrogens is 240 g/mol. The van der Waals surface area contributed by atoms with Crippen molar-refractivity contribution in [1.82, 2.24) is 0 Å². The van der Waals surface area contributed by atoms with Crippen molar-refractivity contribution in [3.8, 4) is 5.75 Å². The maximum absolute atomic E-state index is 10.6. The van der Waals surface area contributed by atoms with Gasteiger partial charge in [0.05, 0.1) is 24.4 Å². The van der Waals surface area contributed by atoms with E-state index in [9.17, 15) is 5.11 Å². The lowest BCUT2D eigenvalue weighted by molar-refractivity contribution is 0.0421. The highest BCUT2D eigenvalue weighted by Crippen LogP contribution is 2.45. The number of hydrogen-bond donors (Lipinski definition) is 1. The van der Waals surface area contributed by atoms with Crippen LogP contribution in [-0.2, 0) is 4.74 Å². The summed E-state index contributed by atoms with van der Waals surface area (Å²) in [5.41, 5.74) is 0.972. The highest BCUT2D eigenvalue weighted by molar-refractivity contribution is 5.31. The SMILES string of the molecule is OC(c1cccc(OC2CC2)c1)C1CC2CCC1O2.